The van der Waals surface area contributed by atoms with E-state index in [1.54, 1.807) is 19.1 Å². The number of hydrogen-bond acceptors (Lipinski definition) is 8. The number of anilines is 2. The van der Waals surface area contributed by atoms with Crippen molar-refractivity contribution in [1.29, 1.82) is 5.26 Å². The fourth-order valence-corrected chi connectivity index (χ4v) is 3.79. The first-order valence-corrected chi connectivity index (χ1v) is 9.17. The molecule has 3 heterocycles. The number of unbranched alkanes of at least 4 members (excludes halogenated alkanes) is 1. The van der Waals surface area contributed by atoms with Crippen molar-refractivity contribution in [2.24, 2.45) is 5.73 Å². The van der Waals surface area contributed by atoms with Crippen LogP contribution in [0.1, 0.15) is 33.8 Å². The second-order valence-electron chi connectivity index (χ2n) is 5.98. The van der Waals surface area contributed by atoms with Crippen LogP contribution in [0.25, 0.3) is 21.5 Å². The number of carbonyl (C=O) groups excluding carboxylic acids is 1. The number of aromatic nitrogens is 1. The first-order valence-electron chi connectivity index (χ1n) is 8.35. The summed E-state index contributed by atoms with van der Waals surface area (Å²) in [6.07, 6.45) is 1.36. The van der Waals surface area contributed by atoms with Gasteiger partial charge in [0.15, 0.2) is 0 Å². The molecule has 0 radical (unpaired) electrons. The van der Waals surface area contributed by atoms with Gasteiger partial charge in [0.25, 0.3) is 5.91 Å². The van der Waals surface area contributed by atoms with Gasteiger partial charge in [-0.2, -0.15) is 5.26 Å². The van der Waals surface area contributed by atoms with Crippen molar-refractivity contribution in [3.05, 3.63) is 28.3 Å². The topological polar surface area (TPSA) is 151 Å². The number of nitrogens with two attached hydrogens (primary N) is 2. The number of hydrogen-bond donors (Lipinski definition) is 4. The molecule has 0 atom stereocenters. The van der Waals surface area contributed by atoms with Crippen molar-refractivity contribution in [2.45, 2.75) is 19.8 Å². The molecule has 0 bridgehead atoms. The van der Waals surface area contributed by atoms with E-state index in [0.717, 1.165) is 17.8 Å². The van der Waals surface area contributed by atoms with Crippen molar-refractivity contribution < 1.29 is 14.3 Å². The predicted octanol–water partition coefficient (Wildman–Crippen LogP) is 2.60. The number of pyridine rings is 1. The highest BCUT2D eigenvalue weighted by atomic mass is 32.1. The van der Waals surface area contributed by atoms with Crippen LogP contribution in [0.3, 0.4) is 0 Å². The van der Waals surface area contributed by atoms with E-state index < -0.39 is 5.91 Å². The number of primary amides is 1. The zero-order chi connectivity index (χ0) is 19.6. The first kappa shape index (κ1) is 18.7. The molecule has 0 unspecified atom stereocenters. The Hall–Kier alpha value is -3.09. The molecule has 9 heteroatoms. The molecule has 0 spiro atoms. The molecule has 8 nitrogen and oxygen atoms in total. The van der Waals surface area contributed by atoms with Crippen LogP contribution in [-0.4, -0.2) is 29.1 Å². The number of amides is 1. The number of nitrogens with one attached hydrogen (secondary N) is 1. The molecule has 3 aromatic rings. The molecule has 27 heavy (non-hydrogen) atoms. The fourth-order valence-electron chi connectivity index (χ4n) is 2.83. The van der Waals surface area contributed by atoms with E-state index in [1.165, 1.54) is 0 Å². The fraction of sp³-hybridized carbons (Fsp3) is 0.278. The van der Waals surface area contributed by atoms with E-state index in [0.29, 0.717) is 46.1 Å². The van der Waals surface area contributed by atoms with Crippen molar-refractivity contribution >= 4 is 39.0 Å². The molecule has 0 fully saturated rings. The summed E-state index contributed by atoms with van der Waals surface area (Å²) >= 11 is 1.08. The van der Waals surface area contributed by atoms with E-state index >= 15 is 0 Å². The number of nitriles is 1. The SMILES string of the molecule is Cc1ccc(-c2c(C#N)c(NCCCCO)nc3sc(C(N)=O)c(N)c23)o1. The molecule has 140 valence electrons. The van der Waals surface area contributed by atoms with Gasteiger partial charge in [0.1, 0.15) is 38.7 Å². The Morgan fingerprint density at radius 2 is 2.22 bits per heavy atom. The Kier molecular flexibility index (Phi) is 5.30. The Balaban J connectivity index is 2.25. The summed E-state index contributed by atoms with van der Waals surface area (Å²) in [5.74, 6) is 0.882. The summed E-state index contributed by atoms with van der Waals surface area (Å²) in [5, 5.41) is 22.3. The summed E-state index contributed by atoms with van der Waals surface area (Å²) in [6.45, 7) is 2.43. The number of aliphatic hydroxyl groups is 1. The summed E-state index contributed by atoms with van der Waals surface area (Å²) in [6, 6.07) is 5.71. The Labute approximate surface area is 159 Å². The van der Waals surface area contributed by atoms with Crippen LogP contribution in [0.5, 0.6) is 0 Å². The maximum absolute atomic E-state index is 11.7. The lowest BCUT2D eigenvalue weighted by Crippen LogP contribution is -2.10. The normalized spacial score (nSPS) is 10.9. The van der Waals surface area contributed by atoms with Gasteiger partial charge in [0.2, 0.25) is 0 Å². The highest BCUT2D eigenvalue weighted by Gasteiger charge is 2.25. The van der Waals surface area contributed by atoms with E-state index in [4.69, 9.17) is 21.0 Å². The third-order valence-corrected chi connectivity index (χ3v) is 5.19. The molecule has 3 aromatic heterocycles. The number of aryl methyl sites for hydroxylation is 1. The summed E-state index contributed by atoms with van der Waals surface area (Å²) in [4.78, 5) is 16.9. The molecule has 0 aliphatic carbocycles. The van der Waals surface area contributed by atoms with Crippen molar-refractivity contribution in [3.8, 4) is 17.4 Å². The van der Waals surface area contributed by atoms with Gasteiger partial charge in [0, 0.05) is 18.5 Å². The first-order chi connectivity index (χ1) is 13.0. The zero-order valence-corrected chi connectivity index (χ0v) is 15.5. The molecular weight excluding hydrogens is 366 g/mol. The smallest absolute Gasteiger partial charge is 0.260 e. The van der Waals surface area contributed by atoms with Gasteiger partial charge in [-0.25, -0.2) is 4.98 Å². The number of nitrogen functional groups attached to an aromatic ring is 1. The van der Waals surface area contributed by atoms with Crippen molar-refractivity contribution in [1.82, 2.24) is 4.98 Å². The van der Waals surface area contributed by atoms with Crippen LogP contribution in [0.4, 0.5) is 11.5 Å². The minimum Gasteiger partial charge on any atom is -0.461 e. The zero-order valence-electron chi connectivity index (χ0n) is 14.7. The molecule has 0 aliphatic rings. The van der Waals surface area contributed by atoms with E-state index in [1.807, 2.05) is 0 Å². The Bertz CT molecular complexity index is 1050. The van der Waals surface area contributed by atoms with Crippen LogP contribution >= 0.6 is 11.3 Å². The molecule has 0 aromatic carbocycles. The third-order valence-electron chi connectivity index (χ3n) is 4.08. The average molecular weight is 385 g/mol. The lowest BCUT2D eigenvalue weighted by atomic mass is 10.0. The number of nitrogens with zero attached hydrogens (tertiary/aromatic N) is 2. The summed E-state index contributed by atoms with van der Waals surface area (Å²) in [5.41, 5.74) is 12.6. The number of carbonyl (C=O) groups is 1. The highest BCUT2D eigenvalue weighted by molar-refractivity contribution is 7.21. The molecular formula is C18H19N5O3S. The van der Waals surface area contributed by atoms with Crippen molar-refractivity contribution in [3.63, 3.8) is 0 Å². The lowest BCUT2D eigenvalue weighted by Gasteiger charge is -2.11. The number of aliphatic hydroxyl groups excluding tert-OH is 1. The van der Waals surface area contributed by atoms with Gasteiger partial charge < -0.3 is 26.3 Å². The van der Waals surface area contributed by atoms with Gasteiger partial charge >= 0.3 is 0 Å². The third kappa shape index (κ3) is 3.45. The molecule has 3 rings (SSSR count). The van der Waals surface area contributed by atoms with E-state index in [2.05, 4.69) is 16.4 Å². The molecule has 6 N–H and O–H groups in total. The number of thiophene rings is 1. The summed E-state index contributed by atoms with van der Waals surface area (Å²) < 4.78 is 5.74. The van der Waals surface area contributed by atoms with Gasteiger partial charge in [-0.15, -0.1) is 11.3 Å². The molecule has 0 saturated heterocycles. The second kappa shape index (κ2) is 7.65. The molecule has 1 amide bonds. The van der Waals surface area contributed by atoms with Gasteiger partial charge in [-0.3, -0.25) is 4.79 Å². The van der Waals surface area contributed by atoms with Gasteiger partial charge in [-0.05, 0) is 31.9 Å². The minimum atomic E-state index is -0.645. The monoisotopic (exact) mass is 385 g/mol. The minimum absolute atomic E-state index is 0.0968. The quantitative estimate of drug-likeness (QED) is 0.456. The van der Waals surface area contributed by atoms with Crippen LogP contribution in [-0.2, 0) is 0 Å². The Morgan fingerprint density at radius 3 is 2.81 bits per heavy atom. The summed E-state index contributed by atoms with van der Waals surface area (Å²) in [7, 11) is 0. The Morgan fingerprint density at radius 1 is 1.44 bits per heavy atom. The van der Waals surface area contributed by atoms with Crippen LogP contribution in [0.15, 0.2) is 16.5 Å². The second-order valence-corrected chi connectivity index (χ2v) is 6.98. The molecule has 0 saturated carbocycles. The predicted molar refractivity (Wildman–Crippen MR) is 105 cm³/mol. The number of fused-ring (bicyclic) bond motifs is 1. The van der Waals surface area contributed by atoms with Gasteiger partial charge in [-0.1, -0.05) is 0 Å². The highest BCUT2D eigenvalue weighted by Crippen LogP contribution is 2.43. The number of furan rings is 1. The van der Waals surface area contributed by atoms with Crippen molar-refractivity contribution in [2.75, 3.05) is 24.2 Å². The van der Waals surface area contributed by atoms with Gasteiger partial charge in [0.05, 0.1) is 11.3 Å². The van der Waals surface area contributed by atoms with Crippen LogP contribution in [0, 0.1) is 18.3 Å². The van der Waals surface area contributed by atoms with Crippen LogP contribution < -0.4 is 16.8 Å². The largest absolute Gasteiger partial charge is 0.461 e. The average Bonchev–Trinajstić information content (AvgIpc) is 3.21. The maximum atomic E-state index is 11.7. The van der Waals surface area contributed by atoms with E-state index in [9.17, 15) is 10.1 Å². The lowest BCUT2D eigenvalue weighted by molar-refractivity contribution is 0.100. The maximum Gasteiger partial charge on any atom is 0.260 e. The molecule has 0 aliphatic heterocycles. The number of rotatable bonds is 7. The standard InChI is InChI=1S/C18H19N5O3S/c1-9-4-5-11(26-9)12-10(8-19)17(22-6-2-3-7-24)23-18-13(12)14(20)15(27-18)16(21)25/h4-5,24H,2-3,6-7,20H2,1H3,(H2,21,25)(H,22,23). The van der Waals surface area contributed by atoms with Crippen LogP contribution in [0.2, 0.25) is 0 Å². The van der Waals surface area contributed by atoms with E-state index in [-0.39, 0.29) is 22.7 Å².